The van der Waals surface area contributed by atoms with Gasteiger partial charge in [0.25, 0.3) is 5.91 Å². The average molecular weight is 311 g/mol. The Morgan fingerprint density at radius 2 is 1.70 bits per heavy atom. The molecule has 0 spiro atoms. The highest BCUT2D eigenvalue weighted by Crippen LogP contribution is 2.25. The number of nitrogens with zero attached hydrogens (tertiary/aromatic N) is 2. The van der Waals surface area contributed by atoms with Crippen molar-refractivity contribution in [1.82, 2.24) is 9.88 Å². The highest BCUT2D eigenvalue weighted by Gasteiger charge is 2.13. The van der Waals surface area contributed by atoms with E-state index >= 15 is 0 Å². The number of anilines is 2. The molecule has 23 heavy (non-hydrogen) atoms. The van der Waals surface area contributed by atoms with E-state index in [1.165, 1.54) is 16.7 Å². The molecule has 0 aliphatic rings. The Morgan fingerprint density at radius 3 is 2.17 bits per heavy atom. The zero-order valence-corrected chi connectivity index (χ0v) is 14.6. The molecule has 0 aliphatic heterocycles. The quantitative estimate of drug-likeness (QED) is 0.898. The first-order valence-electron chi connectivity index (χ1n) is 8.06. The summed E-state index contributed by atoms with van der Waals surface area (Å²) in [5.74, 6) is -0.0238. The van der Waals surface area contributed by atoms with Crippen molar-refractivity contribution in [2.24, 2.45) is 0 Å². The summed E-state index contributed by atoms with van der Waals surface area (Å²) in [6, 6.07) is 7.99. The van der Waals surface area contributed by atoms with Gasteiger partial charge in [0.05, 0.1) is 11.9 Å². The van der Waals surface area contributed by atoms with Crippen LogP contribution in [0.25, 0.3) is 0 Å². The first-order chi connectivity index (χ1) is 11.0. The number of carbonyl (C=O) groups is 1. The normalized spacial score (nSPS) is 10.5. The molecule has 0 aliphatic carbocycles. The molecule has 0 saturated heterocycles. The fraction of sp³-hybridized carbons (Fsp3) is 0.368. The zero-order chi connectivity index (χ0) is 17.0. The van der Waals surface area contributed by atoms with Crippen LogP contribution in [-0.2, 0) is 0 Å². The Bertz CT molecular complexity index is 665. The fourth-order valence-corrected chi connectivity index (χ4v) is 2.79. The summed E-state index contributed by atoms with van der Waals surface area (Å²) in [6.45, 7) is 11.6. The molecular formula is C19H25N3O. The number of carbonyl (C=O) groups excluding carboxylic acids is 1. The number of nitrogens with one attached hydrogen (secondary N) is 1. The van der Waals surface area contributed by atoms with Crippen molar-refractivity contribution in [2.45, 2.75) is 34.6 Å². The molecule has 1 N–H and O–H groups in total. The third-order valence-corrected chi connectivity index (χ3v) is 3.98. The van der Waals surface area contributed by atoms with Crippen LogP contribution in [0.3, 0.4) is 0 Å². The van der Waals surface area contributed by atoms with Crippen LogP contribution in [-0.4, -0.2) is 28.9 Å². The van der Waals surface area contributed by atoms with Gasteiger partial charge in [0, 0.05) is 18.8 Å². The van der Waals surface area contributed by atoms with Gasteiger partial charge in [-0.2, -0.15) is 0 Å². The van der Waals surface area contributed by atoms with Crippen LogP contribution in [0.4, 0.5) is 11.4 Å². The van der Waals surface area contributed by atoms with Gasteiger partial charge in [-0.1, -0.05) is 17.7 Å². The van der Waals surface area contributed by atoms with Crippen molar-refractivity contribution in [3.05, 3.63) is 52.8 Å². The Balaban J connectivity index is 2.19. The Morgan fingerprint density at radius 1 is 1.09 bits per heavy atom. The van der Waals surface area contributed by atoms with Crippen LogP contribution in [0, 0.1) is 20.8 Å². The SMILES string of the molecule is CCN(CC)C(=O)c1ccc(Nc2c(C)cc(C)cc2C)cn1. The molecule has 122 valence electrons. The van der Waals surface area contributed by atoms with E-state index in [2.05, 4.69) is 43.2 Å². The minimum absolute atomic E-state index is 0.0238. The number of aryl methyl sites for hydroxylation is 3. The number of hydrogen-bond acceptors (Lipinski definition) is 3. The molecule has 0 fully saturated rings. The zero-order valence-electron chi connectivity index (χ0n) is 14.6. The molecule has 0 saturated carbocycles. The van der Waals surface area contributed by atoms with Gasteiger partial charge < -0.3 is 10.2 Å². The lowest BCUT2D eigenvalue weighted by Gasteiger charge is -2.18. The van der Waals surface area contributed by atoms with Crippen LogP contribution in [0.2, 0.25) is 0 Å². The van der Waals surface area contributed by atoms with Gasteiger partial charge in [0.2, 0.25) is 0 Å². The number of rotatable bonds is 5. The van der Waals surface area contributed by atoms with E-state index in [1.807, 2.05) is 19.9 Å². The van der Waals surface area contributed by atoms with Crippen molar-refractivity contribution in [2.75, 3.05) is 18.4 Å². The number of pyridine rings is 1. The number of benzene rings is 1. The number of aromatic nitrogens is 1. The van der Waals surface area contributed by atoms with E-state index in [9.17, 15) is 4.79 Å². The first-order valence-corrected chi connectivity index (χ1v) is 8.06. The second-order valence-electron chi connectivity index (χ2n) is 5.81. The van der Waals surface area contributed by atoms with Gasteiger partial charge in [-0.05, 0) is 57.9 Å². The lowest BCUT2D eigenvalue weighted by atomic mass is 10.0. The molecule has 0 unspecified atom stereocenters. The van der Waals surface area contributed by atoms with Gasteiger partial charge in [0.15, 0.2) is 0 Å². The van der Waals surface area contributed by atoms with Crippen LogP contribution in [0.5, 0.6) is 0 Å². The largest absolute Gasteiger partial charge is 0.354 e. The number of hydrogen-bond donors (Lipinski definition) is 1. The van der Waals surface area contributed by atoms with Crippen LogP contribution in [0.15, 0.2) is 30.5 Å². The van der Waals surface area contributed by atoms with Crippen LogP contribution >= 0.6 is 0 Å². The highest BCUT2D eigenvalue weighted by atomic mass is 16.2. The minimum atomic E-state index is -0.0238. The Hall–Kier alpha value is -2.36. The monoisotopic (exact) mass is 311 g/mol. The average Bonchev–Trinajstić information content (AvgIpc) is 2.52. The summed E-state index contributed by atoms with van der Waals surface area (Å²) in [5.41, 5.74) is 6.12. The van der Waals surface area contributed by atoms with Crippen molar-refractivity contribution in [3.63, 3.8) is 0 Å². The van der Waals surface area contributed by atoms with Crippen molar-refractivity contribution in [1.29, 1.82) is 0 Å². The molecule has 0 bridgehead atoms. The molecule has 1 amide bonds. The lowest BCUT2D eigenvalue weighted by Crippen LogP contribution is -2.31. The molecule has 4 heteroatoms. The minimum Gasteiger partial charge on any atom is -0.354 e. The maximum atomic E-state index is 12.3. The van der Waals surface area contributed by atoms with Crippen molar-refractivity contribution >= 4 is 17.3 Å². The second-order valence-corrected chi connectivity index (χ2v) is 5.81. The molecular weight excluding hydrogens is 286 g/mol. The van der Waals surface area contributed by atoms with E-state index < -0.39 is 0 Å². The molecule has 1 aromatic carbocycles. The standard InChI is InChI=1S/C19H25N3O/c1-6-22(7-2)19(23)17-9-8-16(12-20-17)21-18-14(4)10-13(3)11-15(18)5/h8-12,21H,6-7H2,1-5H3. The van der Waals surface area contributed by atoms with E-state index in [4.69, 9.17) is 0 Å². The molecule has 2 aromatic rings. The lowest BCUT2D eigenvalue weighted by molar-refractivity contribution is 0.0767. The third-order valence-electron chi connectivity index (χ3n) is 3.98. The summed E-state index contributed by atoms with van der Waals surface area (Å²) in [5, 5.41) is 3.40. The third kappa shape index (κ3) is 3.89. The van der Waals surface area contributed by atoms with Gasteiger partial charge >= 0.3 is 0 Å². The molecule has 0 radical (unpaired) electrons. The maximum absolute atomic E-state index is 12.3. The summed E-state index contributed by atoms with van der Waals surface area (Å²) in [6.07, 6.45) is 1.72. The Kier molecular flexibility index (Phi) is 5.37. The van der Waals surface area contributed by atoms with Gasteiger partial charge in [-0.3, -0.25) is 4.79 Å². The fourth-order valence-electron chi connectivity index (χ4n) is 2.79. The van der Waals surface area contributed by atoms with Crippen LogP contribution < -0.4 is 5.32 Å². The van der Waals surface area contributed by atoms with E-state index in [0.717, 1.165) is 11.4 Å². The highest BCUT2D eigenvalue weighted by molar-refractivity contribution is 5.92. The first kappa shape index (κ1) is 17.0. The predicted molar refractivity (Wildman–Crippen MR) is 95.4 cm³/mol. The second kappa shape index (κ2) is 7.27. The van der Waals surface area contributed by atoms with Crippen molar-refractivity contribution in [3.8, 4) is 0 Å². The molecule has 1 aromatic heterocycles. The summed E-state index contributed by atoms with van der Waals surface area (Å²) < 4.78 is 0. The van der Waals surface area contributed by atoms with Gasteiger partial charge in [-0.15, -0.1) is 0 Å². The summed E-state index contributed by atoms with van der Waals surface area (Å²) in [7, 11) is 0. The van der Waals surface area contributed by atoms with E-state index in [0.29, 0.717) is 18.8 Å². The molecule has 0 atom stereocenters. The van der Waals surface area contributed by atoms with Crippen LogP contribution in [0.1, 0.15) is 41.0 Å². The molecule has 1 heterocycles. The van der Waals surface area contributed by atoms with Gasteiger partial charge in [0.1, 0.15) is 5.69 Å². The molecule has 4 nitrogen and oxygen atoms in total. The number of amides is 1. The van der Waals surface area contributed by atoms with E-state index in [-0.39, 0.29) is 5.91 Å². The predicted octanol–water partition coefficient (Wildman–Crippen LogP) is 4.23. The van der Waals surface area contributed by atoms with E-state index in [1.54, 1.807) is 17.2 Å². The van der Waals surface area contributed by atoms with Crippen molar-refractivity contribution < 1.29 is 4.79 Å². The summed E-state index contributed by atoms with van der Waals surface area (Å²) in [4.78, 5) is 18.3. The summed E-state index contributed by atoms with van der Waals surface area (Å²) >= 11 is 0. The topological polar surface area (TPSA) is 45.2 Å². The Labute approximate surface area is 138 Å². The van der Waals surface area contributed by atoms with Gasteiger partial charge in [-0.25, -0.2) is 4.98 Å². The smallest absolute Gasteiger partial charge is 0.272 e. The maximum Gasteiger partial charge on any atom is 0.272 e. The molecule has 2 rings (SSSR count).